The van der Waals surface area contributed by atoms with E-state index in [-0.39, 0.29) is 18.4 Å². The van der Waals surface area contributed by atoms with E-state index in [2.05, 4.69) is 5.32 Å². The maximum absolute atomic E-state index is 11.9. The number of nitrogens with one attached hydrogen (secondary N) is 1. The molecule has 1 aromatic rings. The molecule has 3 unspecified atom stereocenters. The number of amides is 1. The van der Waals surface area contributed by atoms with Gasteiger partial charge in [-0.2, -0.15) is 0 Å². The van der Waals surface area contributed by atoms with Crippen molar-refractivity contribution in [3.63, 3.8) is 0 Å². The third-order valence-electron chi connectivity index (χ3n) is 3.79. The number of ether oxygens (including phenoxy) is 2. The number of carbonyl (C=O) groups excluding carboxylic acids is 1. The van der Waals surface area contributed by atoms with Gasteiger partial charge < -0.3 is 25.6 Å². The van der Waals surface area contributed by atoms with Crippen molar-refractivity contribution in [3.8, 4) is 11.5 Å². The van der Waals surface area contributed by atoms with Gasteiger partial charge in [-0.15, -0.1) is 0 Å². The maximum atomic E-state index is 11.9. The summed E-state index contributed by atoms with van der Waals surface area (Å²) >= 11 is 0. The highest BCUT2D eigenvalue weighted by Crippen LogP contribution is 2.26. The van der Waals surface area contributed by atoms with E-state index < -0.39 is 12.1 Å². The van der Waals surface area contributed by atoms with Crippen LogP contribution < -0.4 is 20.5 Å². The summed E-state index contributed by atoms with van der Waals surface area (Å²) in [5, 5.41) is 12.9. The Morgan fingerprint density at radius 2 is 1.82 bits per heavy atom. The van der Waals surface area contributed by atoms with Gasteiger partial charge in [0.1, 0.15) is 11.5 Å². The Balaban J connectivity index is 2.69. The van der Waals surface area contributed by atoms with Crippen LogP contribution in [0.15, 0.2) is 18.2 Å². The van der Waals surface area contributed by atoms with Crippen LogP contribution in [0, 0.1) is 5.92 Å². The third-order valence-corrected chi connectivity index (χ3v) is 3.79. The van der Waals surface area contributed by atoms with Crippen LogP contribution in [0.3, 0.4) is 0 Å². The Kier molecular flexibility index (Phi) is 7.14. The van der Waals surface area contributed by atoms with Crippen LogP contribution in [-0.2, 0) is 4.79 Å². The van der Waals surface area contributed by atoms with Gasteiger partial charge >= 0.3 is 0 Å². The SMILES string of the molecule is CCC(C)C(N)C(=O)NCC(O)c1cc(OC)cc(OC)c1. The monoisotopic (exact) mass is 310 g/mol. The summed E-state index contributed by atoms with van der Waals surface area (Å²) in [7, 11) is 3.08. The minimum absolute atomic E-state index is 0.0826. The van der Waals surface area contributed by atoms with Gasteiger partial charge in [0.25, 0.3) is 0 Å². The summed E-state index contributed by atoms with van der Waals surface area (Å²) in [6.07, 6.45) is -0.0402. The number of benzene rings is 1. The van der Waals surface area contributed by atoms with E-state index in [0.29, 0.717) is 17.1 Å². The Hall–Kier alpha value is -1.79. The summed E-state index contributed by atoms with van der Waals surface area (Å²) in [6.45, 7) is 3.99. The molecule has 0 aliphatic heterocycles. The van der Waals surface area contributed by atoms with E-state index >= 15 is 0 Å². The van der Waals surface area contributed by atoms with Gasteiger partial charge in [-0.1, -0.05) is 20.3 Å². The number of hydrogen-bond donors (Lipinski definition) is 3. The fraction of sp³-hybridized carbons (Fsp3) is 0.562. The van der Waals surface area contributed by atoms with E-state index in [4.69, 9.17) is 15.2 Å². The smallest absolute Gasteiger partial charge is 0.237 e. The van der Waals surface area contributed by atoms with E-state index in [0.717, 1.165) is 6.42 Å². The molecule has 0 spiro atoms. The molecule has 0 radical (unpaired) electrons. The molecule has 0 saturated carbocycles. The number of nitrogens with two attached hydrogens (primary N) is 1. The highest BCUT2D eigenvalue weighted by molar-refractivity contribution is 5.81. The Labute approximate surface area is 131 Å². The number of rotatable bonds is 8. The molecule has 1 amide bonds. The zero-order chi connectivity index (χ0) is 16.7. The van der Waals surface area contributed by atoms with Crippen molar-refractivity contribution < 1.29 is 19.4 Å². The summed E-state index contributed by atoms with van der Waals surface area (Å²) in [4.78, 5) is 11.9. The second kappa shape index (κ2) is 8.60. The van der Waals surface area contributed by atoms with Gasteiger partial charge in [0.05, 0.1) is 26.4 Å². The number of aliphatic hydroxyl groups is 1. The molecule has 1 rings (SSSR count). The number of aliphatic hydroxyl groups excluding tert-OH is 1. The third kappa shape index (κ3) is 4.89. The van der Waals surface area contributed by atoms with Crippen molar-refractivity contribution in [2.24, 2.45) is 11.7 Å². The average Bonchev–Trinajstić information content (AvgIpc) is 2.56. The molecule has 124 valence electrons. The summed E-state index contributed by atoms with van der Waals surface area (Å²) < 4.78 is 10.3. The fourth-order valence-electron chi connectivity index (χ4n) is 1.97. The zero-order valence-corrected chi connectivity index (χ0v) is 13.6. The van der Waals surface area contributed by atoms with Crippen molar-refractivity contribution in [2.75, 3.05) is 20.8 Å². The lowest BCUT2D eigenvalue weighted by atomic mass is 9.99. The molecule has 0 aromatic heterocycles. The van der Waals surface area contributed by atoms with Gasteiger partial charge in [0.2, 0.25) is 5.91 Å². The minimum Gasteiger partial charge on any atom is -0.497 e. The summed E-state index contributed by atoms with van der Waals surface area (Å²) in [5.74, 6) is 0.990. The predicted octanol–water partition coefficient (Wildman–Crippen LogP) is 1.23. The van der Waals surface area contributed by atoms with Crippen molar-refractivity contribution >= 4 is 5.91 Å². The Morgan fingerprint density at radius 3 is 2.27 bits per heavy atom. The van der Waals surface area contributed by atoms with E-state index in [1.54, 1.807) is 18.2 Å². The number of hydrogen-bond acceptors (Lipinski definition) is 5. The summed E-state index contributed by atoms with van der Waals surface area (Å²) in [6, 6.07) is 4.55. The molecular formula is C16H26N2O4. The topological polar surface area (TPSA) is 93.8 Å². The van der Waals surface area contributed by atoms with Crippen LogP contribution in [-0.4, -0.2) is 37.8 Å². The van der Waals surface area contributed by atoms with Crippen LogP contribution in [0.2, 0.25) is 0 Å². The second-order valence-electron chi connectivity index (χ2n) is 5.32. The van der Waals surface area contributed by atoms with E-state index in [1.807, 2.05) is 13.8 Å². The van der Waals surface area contributed by atoms with Crippen molar-refractivity contribution in [1.29, 1.82) is 0 Å². The minimum atomic E-state index is -0.864. The van der Waals surface area contributed by atoms with Crippen LogP contribution in [0.25, 0.3) is 0 Å². The average molecular weight is 310 g/mol. The van der Waals surface area contributed by atoms with E-state index in [9.17, 15) is 9.90 Å². The second-order valence-corrected chi connectivity index (χ2v) is 5.32. The first-order valence-electron chi connectivity index (χ1n) is 7.37. The number of methoxy groups -OCH3 is 2. The van der Waals surface area contributed by atoms with Crippen LogP contribution in [0.4, 0.5) is 0 Å². The van der Waals surface area contributed by atoms with Crippen LogP contribution in [0.5, 0.6) is 11.5 Å². The molecule has 4 N–H and O–H groups in total. The van der Waals surface area contributed by atoms with Crippen molar-refractivity contribution in [3.05, 3.63) is 23.8 Å². The molecule has 0 aliphatic rings. The molecule has 22 heavy (non-hydrogen) atoms. The standard InChI is InChI=1S/C16H26N2O4/c1-5-10(2)15(17)16(20)18-9-14(19)11-6-12(21-3)8-13(7-11)22-4/h6-8,10,14-15,19H,5,9,17H2,1-4H3,(H,18,20). The normalized spacial score (nSPS) is 14.8. The first-order chi connectivity index (χ1) is 10.4. The van der Waals surface area contributed by atoms with Crippen LogP contribution >= 0.6 is 0 Å². The van der Waals surface area contributed by atoms with E-state index in [1.165, 1.54) is 14.2 Å². The quantitative estimate of drug-likeness (QED) is 0.671. The molecule has 0 fully saturated rings. The lowest BCUT2D eigenvalue weighted by molar-refractivity contribution is -0.123. The molecule has 6 heteroatoms. The first kappa shape index (κ1) is 18.3. The van der Waals surface area contributed by atoms with Gasteiger partial charge in [0.15, 0.2) is 0 Å². The Morgan fingerprint density at radius 1 is 1.27 bits per heavy atom. The van der Waals surface area contributed by atoms with Gasteiger partial charge in [-0.25, -0.2) is 0 Å². The molecular weight excluding hydrogens is 284 g/mol. The summed E-state index contributed by atoms with van der Waals surface area (Å²) in [5.41, 5.74) is 6.46. The molecule has 0 bridgehead atoms. The molecule has 0 heterocycles. The molecule has 0 aliphatic carbocycles. The molecule has 0 saturated heterocycles. The molecule has 3 atom stereocenters. The zero-order valence-electron chi connectivity index (χ0n) is 13.6. The highest BCUT2D eigenvalue weighted by atomic mass is 16.5. The molecule has 6 nitrogen and oxygen atoms in total. The van der Waals surface area contributed by atoms with Gasteiger partial charge in [0, 0.05) is 12.6 Å². The Bertz CT molecular complexity index is 471. The van der Waals surface area contributed by atoms with Gasteiger partial charge in [-0.3, -0.25) is 4.79 Å². The first-order valence-corrected chi connectivity index (χ1v) is 7.37. The lowest BCUT2D eigenvalue weighted by Gasteiger charge is -2.19. The largest absolute Gasteiger partial charge is 0.497 e. The lowest BCUT2D eigenvalue weighted by Crippen LogP contribution is -2.45. The molecule has 1 aromatic carbocycles. The van der Waals surface area contributed by atoms with Crippen LogP contribution in [0.1, 0.15) is 31.9 Å². The van der Waals surface area contributed by atoms with Crippen molar-refractivity contribution in [2.45, 2.75) is 32.4 Å². The van der Waals surface area contributed by atoms with Gasteiger partial charge in [-0.05, 0) is 23.6 Å². The predicted molar refractivity (Wildman–Crippen MR) is 84.9 cm³/mol. The number of carbonyl (C=O) groups is 1. The highest BCUT2D eigenvalue weighted by Gasteiger charge is 2.20. The maximum Gasteiger partial charge on any atom is 0.237 e. The van der Waals surface area contributed by atoms with Crippen molar-refractivity contribution in [1.82, 2.24) is 5.32 Å². The fourth-order valence-corrected chi connectivity index (χ4v) is 1.97.